The second-order valence-electron chi connectivity index (χ2n) is 4.69. The Hall–Kier alpha value is -0.410. The van der Waals surface area contributed by atoms with E-state index in [0.29, 0.717) is 13.0 Å². The van der Waals surface area contributed by atoms with Crippen molar-refractivity contribution in [1.29, 1.82) is 0 Å². The summed E-state index contributed by atoms with van der Waals surface area (Å²) in [4.78, 5) is 10.5. The van der Waals surface area contributed by atoms with Crippen molar-refractivity contribution in [1.82, 2.24) is 0 Å². The third-order valence-electron chi connectivity index (χ3n) is 2.40. The zero-order valence-electron chi connectivity index (χ0n) is 8.79. The average molecular weight is 186 g/mol. The van der Waals surface area contributed by atoms with Crippen molar-refractivity contribution >= 4 is 6.29 Å². The van der Waals surface area contributed by atoms with Crippen LogP contribution in [0.1, 0.15) is 34.1 Å². The number of ether oxygens (including phenoxy) is 2. The van der Waals surface area contributed by atoms with E-state index in [4.69, 9.17) is 9.47 Å². The van der Waals surface area contributed by atoms with Gasteiger partial charge in [0.2, 0.25) is 0 Å². The Morgan fingerprint density at radius 3 is 2.54 bits per heavy atom. The van der Waals surface area contributed by atoms with Gasteiger partial charge in [-0.15, -0.1) is 0 Å². The molecule has 3 heteroatoms. The molecule has 3 nitrogen and oxygen atoms in total. The van der Waals surface area contributed by atoms with Crippen molar-refractivity contribution < 1.29 is 14.3 Å². The maximum absolute atomic E-state index is 10.5. The molecule has 1 aliphatic rings. The summed E-state index contributed by atoms with van der Waals surface area (Å²) >= 11 is 0. The molecule has 1 unspecified atom stereocenters. The van der Waals surface area contributed by atoms with Crippen LogP contribution < -0.4 is 0 Å². The minimum atomic E-state index is -0.552. The standard InChI is InChI=1S/C10H18O3/c1-9(2)7-12-10(3,4)13-8(9)5-6-11/h6,8H,5,7H2,1-4H3. The first-order chi connectivity index (χ1) is 5.87. The van der Waals surface area contributed by atoms with Crippen LogP contribution >= 0.6 is 0 Å². The van der Waals surface area contributed by atoms with Crippen molar-refractivity contribution in [2.45, 2.75) is 46.0 Å². The lowest BCUT2D eigenvalue weighted by Gasteiger charge is -2.45. The predicted octanol–water partition coefficient (Wildman–Crippen LogP) is 1.75. The van der Waals surface area contributed by atoms with Crippen molar-refractivity contribution in [2.24, 2.45) is 5.41 Å². The zero-order valence-corrected chi connectivity index (χ0v) is 8.79. The molecule has 1 rings (SSSR count). The van der Waals surface area contributed by atoms with Gasteiger partial charge in [-0.25, -0.2) is 0 Å². The fraction of sp³-hybridized carbons (Fsp3) is 0.900. The van der Waals surface area contributed by atoms with E-state index in [0.717, 1.165) is 6.29 Å². The Labute approximate surface area is 79.4 Å². The zero-order chi connectivity index (χ0) is 10.1. The first-order valence-corrected chi connectivity index (χ1v) is 4.63. The van der Waals surface area contributed by atoms with Crippen LogP contribution in [0.25, 0.3) is 0 Å². The summed E-state index contributed by atoms with van der Waals surface area (Å²) in [5.74, 6) is -0.552. The van der Waals surface area contributed by atoms with Gasteiger partial charge in [0.05, 0.1) is 12.7 Å². The van der Waals surface area contributed by atoms with Gasteiger partial charge in [0.1, 0.15) is 6.29 Å². The number of aldehydes is 1. The first-order valence-electron chi connectivity index (χ1n) is 4.63. The highest BCUT2D eigenvalue weighted by molar-refractivity contribution is 5.50. The molecule has 0 aromatic heterocycles. The van der Waals surface area contributed by atoms with Crippen LogP contribution in [0.4, 0.5) is 0 Å². The average Bonchev–Trinajstić information content (AvgIpc) is 1.99. The van der Waals surface area contributed by atoms with E-state index in [9.17, 15) is 4.79 Å². The van der Waals surface area contributed by atoms with Crippen molar-refractivity contribution in [3.8, 4) is 0 Å². The lowest BCUT2D eigenvalue weighted by molar-refractivity contribution is -0.310. The molecule has 0 saturated carbocycles. The maximum Gasteiger partial charge on any atom is 0.163 e. The minimum Gasteiger partial charge on any atom is -0.350 e. The van der Waals surface area contributed by atoms with Crippen molar-refractivity contribution in [2.75, 3.05) is 6.61 Å². The molecule has 0 radical (unpaired) electrons. The van der Waals surface area contributed by atoms with Gasteiger partial charge < -0.3 is 14.3 Å². The number of carbonyl (C=O) groups excluding carboxylic acids is 1. The van der Waals surface area contributed by atoms with Gasteiger partial charge >= 0.3 is 0 Å². The Kier molecular flexibility index (Phi) is 2.78. The SMILES string of the molecule is CC1(C)OCC(C)(C)C(CC=O)O1. The molecular weight excluding hydrogens is 168 g/mol. The maximum atomic E-state index is 10.5. The fourth-order valence-corrected chi connectivity index (χ4v) is 1.44. The monoisotopic (exact) mass is 186 g/mol. The largest absolute Gasteiger partial charge is 0.350 e. The second-order valence-corrected chi connectivity index (χ2v) is 4.69. The summed E-state index contributed by atoms with van der Waals surface area (Å²) in [5, 5.41) is 0. The molecular formula is C10H18O3. The third-order valence-corrected chi connectivity index (χ3v) is 2.40. The van der Waals surface area contributed by atoms with Crippen LogP contribution in [0.5, 0.6) is 0 Å². The van der Waals surface area contributed by atoms with Crippen molar-refractivity contribution in [3.05, 3.63) is 0 Å². The summed E-state index contributed by atoms with van der Waals surface area (Å²) in [6.45, 7) is 8.49. The van der Waals surface area contributed by atoms with Crippen LogP contribution in [0.2, 0.25) is 0 Å². The van der Waals surface area contributed by atoms with Crippen LogP contribution in [-0.4, -0.2) is 24.8 Å². The fourth-order valence-electron chi connectivity index (χ4n) is 1.44. The van der Waals surface area contributed by atoms with Crippen LogP contribution in [0.3, 0.4) is 0 Å². The van der Waals surface area contributed by atoms with E-state index in [1.54, 1.807) is 0 Å². The summed E-state index contributed by atoms with van der Waals surface area (Å²) in [7, 11) is 0. The third kappa shape index (κ3) is 2.51. The molecule has 13 heavy (non-hydrogen) atoms. The molecule has 1 atom stereocenters. The van der Waals surface area contributed by atoms with Gasteiger partial charge in [-0.1, -0.05) is 13.8 Å². The summed E-state index contributed by atoms with van der Waals surface area (Å²) in [5.41, 5.74) is -0.0730. The summed E-state index contributed by atoms with van der Waals surface area (Å²) in [6.07, 6.45) is 1.32. The molecule has 0 aromatic rings. The quantitative estimate of drug-likeness (QED) is 0.616. The van der Waals surface area contributed by atoms with Gasteiger partial charge in [-0.3, -0.25) is 0 Å². The number of hydrogen-bond acceptors (Lipinski definition) is 3. The molecule has 76 valence electrons. The lowest BCUT2D eigenvalue weighted by Crippen LogP contribution is -2.50. The van der Waals surface area contributed by atoms with E-state index in [1.807, 2.05) is 13.8 Å². The van der Waals surface area contributed by atoms with Gasteiger partial charge in [-0.2, -0.15) is 0 Å². The topological polar surface area (TPSA) is 35.5 Å². The number of hydrogen-bond donors (Lipinski definition) is 0. The Balaban J connectivity index is 2.69. The number of carbonyl (C=O) groups is 1. The Bertz CT molecular complexity index is 196. The molecule has 1 saturated heterocycles. The molecule has 0 bridgehead atoms. The summed E-state index contributed by atoms with van der Waals surface area (Å²) in [6, 6.07) is 0. The molecule has 0 aromatic carbocycles. The molecule has 0 amide bonds. The molecule has 0 N–H and O–H groups in total. The molecule has 1 aliphatic heterocycles. The summed E-state index contributed by atoms with van der Waals surface area (Å²) < 4.78 is 11.2. The molecule has 1 heterocycles. The van der Waals surface area contributed by atoms with Crippen LogP contribution in [0.15, 0.2) is 0 Å². The number of rotatable bonds is 2. The molecule has 0 aliphatic carbocycles. The minimum absolute atomic E-state index is 0.0336. The van der Waals surface area contributed by atoms with E-state index < -0.39 is 5.79 Å². The van der Waals surface area contributed by atoms with Gasteiger partial charge in [0.15, 0.2) is 5.79 Å². The van der Waals surface area contributed by atoms with Gasteiger partial charge in [0.25, 0.3) is 0 Å². The van der Waals surface area contributed by atoms with E-state index in [2.05, 4.69) is 13.8 Å². The normalized spacial score (nSPS) is 31.2. The van der Waals surface area contributed by atoms with Crippen LogP contribution in [-0.2, 0) is 14.3 Å². The molecule has 1 fully saturated rings. The second kappa shape index (κ2) is 3.39. The highest BCUT2D eigenvalue weighted by Crippen LogP contribution is 2.35. The van der Waals surface area contributed by atoms with Gasteiger partial charge in [-0.05, 0) is 13.8 Å². The Morgan fingerprint density at radius 2 is 2.00 bits per heavy atom. The van der Waals surface area contributed by atoms with Crippen LogP contribution in [0, 0.1) is 5.41 Å². The smallest absolute Gasteiger partial charge is 0.163 e. The van der Waals surface area contributed by atoms with E-state index in [1.165, 1.54) is 0 Å². The lowest BCUT2D eigenvalue weighted by atomic mass is 9.84. The molecule has 0 spiro atoms. The van der Waals surface area contributed by atoms with Crippen molar-refractivity contribution in [3.63, 3.8) is 0 Å². The predicted molar refractivity (Wildman–Crippen MR) is 49.4 cm³/mol. The Morgan fingerprint density at radius 1 is 1.38 bits per heavy atom. The first kappa shape index (κ1) is 10.7. The highest BCUT2D eigenvalue weighted by atomic mass is 16.7. The highest BCUT2D eigenvalue weighted by Gasteiger charge is 2.41. The van der Waals surface area contributed by atoms with Gasteiger partial charge in [0, 0.05) is 11.8 Å². The van der Waals surface area contributed by atoms with E-state index >= 15 is 0 Å². The van der Waals surface area contributed by atoms with E-state index in [-0.39, 0.29) is 11.5 Å².